The molecule has 0 heterocycles. The Kier molecular flexibility index (Phi) is 8.52. The maximum atomic E-state index is 2.55. The molecule has 0 spiro atoms. The Morgan fingerprint density at radius 1 is 0.606 bits per heavy atom. The smallest absolute Gasteiger partial charge is 0.00241 e. The van der Waals surface area contributed by atoms with Gasteiger partial charge in [0, 0.05) is 5.92 Å². The average molecular weight is 475 g/mol. The molecule has 2 heteroatoms. The first-order valence-electron chi connectivity index (χ1n) is 13.4. The van der Waals surface area contributed by atoms with Gasteiger partial charge in [-0.25, -0.2) is 0 Å². The number of hydrogen-bond acceptors (Lipinski definition) is 0. The lowest BCUT2D eigenvalue weighted by Gasteiger charge is -2.45. The van der Waals surface area contributed by atoms with Gasteiger partial charge in [0.1, 0.15) is 0 Å². The van der Waals surface area contributed by atoms with Crippen LogP contribution < -0.4 is 10.6 Å². The largest absolute Gasteiger partial charge is 0.0959 e. The van der Waals surface area contributed by atoms with Crippen molar-refractivity contribution in [2.24, 2.45) is 5.92 Å². The molecule has 2 aromatic carbocycles. The molecule has 174 valence electrons. The topological polar surface area (TPSA) is 0 Å². The van der Waals surface area contributed by atoms with Crippen LogP contribution in [-0.4, -0.2) is 23.1 Å². The predicted molar refractivity (Wildman–Crippen MR) is 150 cm³/mol. The molecule has 0 aliphatic heterocycles. The Morgan fingerprint density at radius 3 is 1.52 bits per heavy atom. The van der Waals surface area contributed by atoms with Crippen molar-refractivity contribution in [1.29, 1.82) is 0 Å². The summed E-state index contributed by atoms with van der Waals surface area (Å²) in [6.45, 7) is 0. The molecule has 0 radical (unpaired) electrons. The molecule has 0 nitrogen and oxygen atoms in total. The van der Waals surface area contributed by atoms with Gasteiger partial charge in [-0.15, -0.1) is 0 Å². The molecule has 2 fully saturated rings. The summed E-state index contributed by atoms with van der Waals surface area (Å²) in [6.07, 6.45) is 26.0. The van der Waals surface area contributed by atoms with E-state index in [4.69, 9.17) is 0 Å². The Bertz CT molecular complexity index is 822. The SMILES string of the molecule is C1=CC(C(CP(c2ccccc2)c2ccccc2)P(C2CCCCC2)C2CCCCC2)C=C1. The van der Waals surface area contributed by atoms with Crippen LogP contribution in [0.2, 0.25) is 0 Å². The van der Waals surface area contributed by atoms with E-state index < -0.39 is 0 Å². The van der Waals surface area contributed by atoms with Gasteiger partial charge in [0.2, 0.25) is 0 Å². The van der Waals surface area contributed by atoms with Crippen LogP contribution in [0, 0.1) is 5.92 Å². The van der Waals surface area contributed by atoms with Crippen LogP contribution in [0.1, 0.15) is 64.2 Å². The summed E-state index contributed by atoms with van der Waals surface area (Å²) in [4.78, 5) is 0. The minimum atomic E-state index is -0.332. The fourth-order valence-electron chi connectivity index (χ4n) is 6.48. The molecule has 2 aromatic rings. The second kappa shape index (κ2) is 12.0. The van der Waals surface area contributed by atoms with Gasteiger partial charge in [-0.3, -0.25) is 0 Å². The van der Waals surface area contributed by atoms with E-state index in [1.165, 1.54) is 70.4 Å². The highest BCUT2D eigenvalue weighted by Crippen LogP contribution is 2.63. The highest BCUT2D eigenvalue weighted by Gasteiger charge is 2.40. The Morgan fingerprint density at radius 2 is 1.06 bits per heavy atom. The Labute approximate surface area is 204 Å². The quantitative estimate of drug-likeness (QED) is 0.337. The predicted octanol–water partition coefficient (Wildman–Crippen LogP) is 8.38. The van der Waals surface area contributed by atoms with Crippen molar-refractivity contribution in [1.82, 2.24) is 0 Å². The summed E-state index contributed by atoms with van der Waals surface area (Å²) in [5.74, 6) is 0.650. The minimum Gasteiger partial charge on any atom is -0.0959 e. The van der Waals surface area contributed by atoms with Crippen molar-refractivity contribution in [2.45, 2.75) is 81.2 Å². The fourth-order valence-corrected chi connectivity index (χ4v) is 14.3. The van der Waals surface area contributed by atoms with Gasteiger partial charge >= 0.3 is 0 Å². The summed E-state index contributed by atoms with van der Waals surface area (Å²) < 4.78 is 0. The monoisotopic (exact) mass is 474 g/mol. The molecule has 1 unspecified atom stereocenters. The highest BCUT2D eigenvalue weighted by atomic mass is 31.1. The van der Waals surface area contributed by atoms with Gasteiger partial charge in [0.15, 0.2) is 0 Å². The first kappa shape index (κ1) is 23.5. The van der Waals surface area contributed by atoms with E-state index >= 15 is 0 Å². The van der Waals surface area contributed by atoms with E-state index in [0.29, 0.717) is 5.92 Å². The lowest BCUT2D eigenvalue weighted by Crippen LogP contribution is -2.33. The van der Waals surface area contributed by atoms with E-state index in [-0.39, 0.29) is 15.8 Å². The summed E-state index contributed by atoms with van der Waals surface area (Å²) in [6, 6.07) is 23.0. The molecule has 0 saturated heterocycles. The van der Waals surface area contributed by atoms with Gasteiger partial charge in [-0.1, -0.05) is 131 Å². The molecule has 3 aliphatic carbocycles. The zero-order valence-electron chi connectivity index (χ0n) is 20.1. The summed E-state index contributed by atoms with van der Waals surface area (Å²) in [7, 11) is -0.303. The number of benzene rings is 2. The van der Waals surface area contributed by atoms with E-state index in [9.17, 15) is 0 Å². The second-order valence-corrected chi connectivity index (χ2v) is 15.5. The van der Waals surface area contributed by atoms with Gasteiger partial charge < -0.3 is 0 Å². The molecule has 3 aliphatic rings. The average Bonchev–Trinajstić information content (AvgIpc) is 3.43. The molecule has 0 N–H and O–H groups in total. The maximum absolute atomic E-state index is 2.55. The van der Waals surface area contributed by atoms with Crippen LogP contribution >= 0.6 is 15.8 Å². The first-order valence-corrected chi connectivity index (χ1v) is 16.5. The summed E-state index contributed by atoms with van der Waals surface area (Å²) in [5, 5.41) is 3.13. The van der Waals surface area contributed by atoms with Gasteiger partial charge in [-0.2, -0.15) is 0 Å². The molecule has 0 amide bonds. The first-order chi connectivity index (χ1) is 16.4. The van der Waals surface area contributed by atoms with Crippen molar-refractivity contribution in [2.75, 3.05) is 6.16 Å². The zero-order valence-corrected chi connectivity index (χ0v) is 21.9. The minimum absolute atomic E-state index is 0.0290. The fraction of sp³-hybridized carbons (Fsp3) is 0.484. The number of rotatable bonds is 8. The van der Waals surface area contributed by atoms with Crippen molar-refractivity contribution in [3.8, 4) is 0 Å². The van der Waals surface area contributed by atoms with Crippen LogP contribution in [0.4, 0.5) is 0 Å². The molecule has 0 aromatic heterocycles. The van der Waals surface area contributed by atoms with Crippen LogP contribution in [0.5, 0.6) is 0 Å². The Balaban J connectivity index is 1.52. The molecule has 2 saturated carbocycles. The molecule has 33 heavy (non-hydrogen) atoms. The lowest BCUT2D eigenvalue weighted by molar-refractivity contribution is 0.479. The third kappa shape index (κ3) is 5.89. The lowest BCUT2D eigenvalue weighted by atomic mass is 9.99. The molecule has 1 atom stereocenters. The van der Waals surface area contributed by atoms with E-state index in [1.54, 1.807) is 10.6 Å². The molecule has 0 bridgehead atoms. The standard InChI is InChI=1S/C31H40P2/c1-5-17-27(18-6-1)32(28-19-7-2-8-20-28)25-31(26-15-13-14-16-26)33(29-21-9-3-10-22-29)30-23-11-4-12-24-30/h1-2,5-8,13-20,26,29-31H,3-4,9-12,21-25H2. The van der Waals surface area contributed by atoms with Crippen molar-refractivity contribution < 1.29 is 0 Å². The van der Waals surface area contributed by atoms with Crippen molar-refractivity contribution in [3.63, 3.8) is 0 Å². The number of allylic oxidation sites excluding steroid dienone is 4. The van der Waals surface area contributed by atoms with Crippen molar-refractivity contribution >= 4 is 26.5 Å². The molecular weight excluding hydrogens is 434 g/mol. The summed E-state index contributed by atoms with van der Waals surface area (Å²) >= 11 is 0. The van der Waals surface area contributed by atoms with Crippen molar-refractivity contribution in [3.05, 3.63) is 85.0 Å². The summed E-state index contributed by atoms with van der Waals surface area (Å²) in [5.41, 5.74) is 2.84. The maximum Gasteiger partial charge on any atom is 0.00241 e. The normalized spacial score (nSPS) is 21.3. The molecular formula is C31H40P2. The molecule has 5 rings (SSSR count). The second-order valence-electron chi connectivity index (χ2n) is 10.2. The van der Waals surface area contributed by atoms with Crippen LogP contribution in [-0.2, 0) is 0 Å². The van der Waals surface area contributed by atoms with E-state index in [0.717, 1.165) is 17.0 Å². The third-order valence-corrected chi connectivity index (χ3v) is 15.0. The van der Waals surface area contributed by atoms with Crippen LogP contribution in [0.25, 0.3) is 0 Å². The number of hydrogen-bond donors (Lipinski definition) is 0. The van der Waals surface area contributed by atoms with E-state index in [2.05, 4.69) is 85.0 Å². The highest BCUT2D eigenvalue weighted by molar-refractivity contribution is 7.74. The third-order valence-electron chi connectivity index (χ3n) is 8.10. The van der Waals surface area contributed by atoms with Crippen LogP contribution in [0.3, 0.4) is 0 Å². The van der Waals surface area contributed by atoms with E-state index in [1.807, 2.05) is 0 Å². The van der Waals surface area contributed by atoms with Gasteiger partial charge in [-0.05, 0) is 67.4 Å². The van der Waals surface area contributed by atoms with Crippen LogP contribution in [0.15, 0.2) is 85.0 Å². The van der Waals surface area contributed by atoms with Gasteiger partial charge in [0.05, 0.1) is 0 Å². The zero-order chi connectivity index (χ0) is 22.3. The van der Waals surface area contributed by atoms with Gasteiger partial charge in [0.25, 0.3) is 0 Å². The Hall–Kier alpha value is -1.22.